The summed E-state index contributed by atoms with van der Waals surface area (Å²) in [5.41, 5.74) is 1.63. The molecule has 2 aromatic heterocycles. The monoisotopic (exact) mass is 453 g/mol. The smallest absolute Gasteiger partial charge is 0.320 e. The van der Waals surface area contributed by atoms with Crippen molar-refractivity contribution in [3.05, 3.63) is 48.2 Å². The van der Waals surface area contributed by atoms with E-state index < -0.39 is 0 Å². The second kappa shape index (κ2) is 10.2. The average Bonchev–Trinajstić information content (AvgIpc) is 3.23. The van der Waals surface area contributed by atoms with E-state index >= 15 is 0 Å². The van der Waals surface area contributed by atoms with Crippen molar-refractivity contribution in [2.75, 3.05) is 26.1 Å². The number of aromatic amines is 1. The van der Waals surface area contributed by atoms with Crippen LogP contribution in [0.5, 0.6) is 5.88 Å². The van der Waals surface area contributed by atoms with Crippen molar-refractivity contribution in [2.45, 2.75) is 50.4 Å². The summed E-state index contributed by atoms with van der Waals surface area (Å²) in [5, 5.41) is 13.8. The van der Waals surface area contributed by atoms with Crippen LogP contribution in [0.25, 0.3) is 10.9 Å². The van der Waals surface area contributed by atoms with Gasteiger partial charge in [0.1, 0.15) is 11.9 Å². The normalized spacial score (nSPS) is 21.5. The number of rotatable bonds is 8. The number of fused-ring (bicyclic) bond motifs is 1. The summed E-state index contributed by atoms with van der Waals surface area (Å²) in [6.07, 6.45) is 5.48. The van der Waals surface area contributed by atoms with Crippen molar-refractivity contribution < 1.29 is 19.0 Å². The molecule has 1 fully saturated rings. The van der Waals surface area contributed by atoms with Crippen LogP contribution in [-0.2, 0) is 9.47 Å². The fraction of sp³-hybridized carbons (Fsp3) is 0.458. The number of carbonyl (C=O) groups excluding carboxylic acids is 1. The van der Waals surface area contributed by atoms with Crippen molar-refractivity contribution in [2.24, 2.45) is 0 Å². The Hall–Kier alpha value is -3.17. The van der Waals surface area contributed by atoms with E-state index in [2.05, 4.69) is 32.7 Å². The van der Waals surface area contributed by atoms with Crippen LogP contribution in [0.1, 0.15) is 44.2 Å². The molecule has 1 aliphatic carbocycles. The van der Waals surface area contributed by atoms with Gasteiger partial charge in [-0.25, -0.2) is 9.78 Å². The molecule has 33 heavy (non-hydrogen) atoms. The quantitative estimate of drug-likeness (QED) is 0.472. The maximum Gasteiger partial charge on any atom is 0.320 e. The minimum atomic E-state index is -0.368. The molecule has 3 aromatic rings. The average molecular weight is 454 g/mol. The zero-order valence-corrected chi connectivity index (χ0v) is 19.3. The summed E-state index contributed by atoms with van der Waals surface area (Å²) in [6.45, 7) is 2.49. The Morgan fingerprint density at radius 1 is 1.24 bits per heavy atom. The molecule has 1 saturated carbocycles. The number of pyridine rings is 1. The Bertz CT molecular complexity index is 1060. The predicted octanol–water partition coefficient (Wildman–Crippen LogP) is 4.19. The molecule has 1 atom stereocenters. The Morgan fingerprint density at radius 3 is 2.70 bits per heavy atom. The van der Waals surface area contributed by atoms with Crippen LogP contribution in [0, 0.1) is 0 Å². The summed E-state index contributed by atoms with van der Waals surface area (Å²) in [6, 6.07) is 10.8. The molecule has 4 rings (SSSR count). The second-order valence-corrected chi connectivity index (χ2v) is 8.63. The molecular weight excluding hydrogens is 422 g/mol. The lowest BCUT2D eigenvalue weighted by Gasteiger charge is -2.35. The first-order valence-electron chi connectivity index (χ1n) is 11.2. The third-order valence-electron chi connectivity index (χ3n) is 6.26. The molecule has 3 N–H and O–H groups in total. The summed E-state index contributed by atoms with van der Waals surface area (Å²) >= 11 is 0. The molecule has 0 bridgehead atoms. The lowest BCUT2D eigenvalue weighted by molar-refractivity contribution is -0.0460. The van der Waals surface area contributed by atoms with E-state index in [1.165, 1.54) is 0 Å². The molecule has 0 saturated heterocycles. The molecule has 0 spiro atoms. The van der Waals surface area contributed by atoms with Crippen molar-refractivity contribution in [1.82, 2.24) is 20.5 Å². The summed E-state index contributed by atoms with van der Waals surface area (Å²) in [5.74, 6) is 0.941. The SMILES string of the molecule is COC[C@@H](NC(=O)Nc1cc2[nH]nc(OC3CCC(C)(OC)CC3)c2cn1)c1ccccc1. The topological polar surface area (TPSA) is 110 Å². The molecule has 0 radical (unpaired) electrons. The molecular formula is C24H31N5O4. The fourth-order valence-electron chi connectivity index (χ4n) is 4.11. The number of hydrogen-bond donors (Lipinski definition) is 3. The van der Waals surface area contributed by atoms with Crippen molar-refractivity contribution in [1.29, 1.82) is 0 Å². The fourth-order valence-corrected chi connectivity index (χ4v) is 4.11. The lowest BCUT2D eigenvalue weighted by Crippen LogP contribution is -2.36. The molecule has 176 valence electrons. The van der Waals surface area contributed by atoms with E-state index in [0.717, 1.165) is 42.1 Å². The number of carbonyl (C=O) groups is 1. The number of anilines is 1. The third-order valence-corrected chi connectivity index (χ3v) is 6.26. The molecule has 0 unspecified atom stereocenters. The number of methoxy groups -OCH3 is 2. The van der Waals surface area contributed by atoms with Gasteiger partial charge < -0.3 is 19.5 Å². The Balaban J connectivity index is 1.38. The molecule has 9 nitrogen and oxygen atoms in total. The highest BCUT2D eigenvalue weighted by Gasteiger charge is 2.32. The number of nitrogens with one attached hydrogen (secondary N) is 3. The zero-order chi connectivity index (χ0) is 23.3. The van der Waals surface area contributed by atoms with Gasteiger partial charge in [-0.2, -0.15) is 0 Å². The Morgan fingerprint density at radius 2 is 2.00 bits per heavy atom. The standard InChI is InChI=1S/C24H31N5O4/c1-24(32-3)11-9-17(10-12-24)33-22-18-14-25-21(13-19(18)28-29-22)27-23(30)26-20(15-31-2)16-7-5-4-6-8-16/h4-8,13-14,17,20H,9-12,15H2,1-3H3,(H,28,29)(H2,25,26,27,30)/t17?,20-,24?/m1/s1. The van der Waals surface area contributed by atoms with E-state index in [1.54, 1.807) is 26.5 Å². The lowest BCUT2D eigenvalue weighted by atomic mass is 9.84. The van der Waals surface area contributed by atoms with Crippen LogP contribution in [0.4, 0.5) is 10.6 Å². The molecule has 1 aromatic carbocycles. The van der Waals surface area contributed by atoms with Gasteiger partial charge in [0.25, 0.3) is 0 Å². The minimum absolute atomic E-state index is 0.0705. The van der Waals surface area contributed by atoms with Gasteiger partial charge in [-0.1, -0.05) is 30.3 Å². The molecule has 0 aliphatic heterocycles. The highest BCUT2D eigenvalue weighted by Crippen LogP contribution is 2.34. The number of nitrogens with zero attached hydrogens (tertiary/aromatic N) is 2. The highest BCUT2D eigenvalue weighted by molar-refractivity contribution is 5.92. The van der Waals surface area contributed by atoms with E-state index in [0.29, 0.717) is 18.3 Å². The summed E-state index contributed by atoms with van der Waals surface area (Å²) in [7, 11) is 3.37. The van der Waals surface area contributed by atoms with Gasteiger partial charge in [-0.3, -0.25) is 10.4 Å². The Labute approximate surface area is 193 Å². The van der Waals surface area contributed by atoms with Crippen LogP contribution in [0.2, 0.25) is 0 Å². The number of H-pyrrole nitrogens is 1. The molecule has 9 heteroatoms. The van der Waals surface area contributed by atoms with Gasteiger partial charge in [0.15, 0.2) is 0 Å². The minimum Gasteiger partial charge on any atom is -0.473 e. The summed E-state index contributed by atoms with van der Waals surface area (Å²) in [4.78, 5) is 16.9. The maximum absolute atomic E-state index is 12.6. The first-order valence-corrected chi connectivity index (χ1v) is 11.2. The van der Waals surface area contributed by atoms with Crippen molar-refractivity contribution >= 4 is 22.8 Å². The van der Waals surface area contributed by atoms with E-state index in [9.17, 15) is 4.79 Å². The first kappa shape index (κ1) is 23.0. The number of ether oxygens (including phenoxy) is 3. The summed E-state index contributed by atoms with van der Waals surface area (Å²) < 4.78 is 17.0. The zero-order valence-electron chi connectivity index (χ0n) is 19.3. The second-order valence-electron chi connectivity index (χ2n) is 8.63. The van der Waals surface area contributed by atoms with Crippen molar-refractivity contribution in [3.8, 4) is 5.88 Å². The maximum atomic E-state index is 12.6. The largest absolute Gasteiger partial charge is 0.473 e. The van der Waals surface area contributed by atoms with Crippen LogP contribution in [0.15, 0.2) is 42.6 Å². The van der Waals surface area contributed by atoms with Gasteiger partial charge in [-0.15, -0.1) is 5.10 Å². The van der Waals surface area contributed by atoms with Gasteiger partial charge in [0.05, 0.1) is 29.2 Å². The van der Waals surface area contributed by atoms with Gasteiger partial charge in [0.2, 0.25) is 5.88 Å². The molecule has 2 heterocycles. The number of hydrogen-bond acceptors (Lipinski definition) is 6. The number of urea groups is 1. The van der Waals surface area contributed by atoms with Crippen molar-refractivity contribution in [3.63, 3.8) is 0 Å². The highest BCUT2D eigenvalue weighted by atomic mass is 16.5. The van der Waals surface area contributed by atoms with Crippen LogP contribution < -0.4 is 15.4 Å². The van der Waals surface area contributed by atoms with Crippen LogP contribution >= 0.6 is 0 Å². The van der Waals surface area contributed by atoms with E-state index in [4.69, 9.17) is 14.2 Å². The van der Waals surface area contributed by atoms with Gasteiger partial charge >= 0.3 is 6.03 Å². The van der Waals surface area contributed by atoms with Crippen LogP contribution in [-0.4, -0.2) is 53.7 Å². The third kappa shape index (κ3) is 5.61. The number of aromatic nitrogens is 3. The van der Waals surface area contributed by atoms with E-state index in [1.807, 2.05) is 30.3 Å². The predicted molar refractivity (Wildman–Crippen MR) is 125 cm³/mol. The Kier molecular flexibility index (Phi) is 7.10. The van der Waals surface area contributed by atoms with Gasteiger partial charge in [-0.05, 0) is 38.2 Å². The molecule has 1 aliphatic rings. The van der Waals surface area contributed by atoms with E-state index in [-0.39, 0.29) is 23.8 Å². The van der Waals surface area contributed by atoms with Crippen LogP contribution in [0.3, 0.4) is 0 Å². The number of benzene rings is 1. The number of amides is 2. The van der Waals surface area contributed by atoms with Gasteiger partial charge in [0, 0.05) is 26.5 Å². The first-order chi connectivity index (χ1) is 16.0. The molecule has 2 amide bonds.